The molecule has 2 saturated heterocycles. The molecule has 0 bridgehead atoms. The Bertz CT molecular complexity index is 839. The zero-order valence-electron chi connectivity index (χ0n) is 15.2. The fraction of sp³-hybridized carbons (Fsp3) is 0.550. The number of fused-ring (bicyclic) bond motifs is 2. The molecule has 3 heterocycles. The molecule has 0 aromatic heterocycles. The second-order valence-corrected chi connectivity index (χ2v) is 8.23. The van der Waals surface area contributed by atoms with E-state index in [1.807, 2.05) is 18.2 Å². The molecule has 4 aliphatic rings. The zero-order chi connectivity index (χ0) is 18.6. The Morgan fingerprint density at radius 1 is 1.22 bits per heavy atom. The smallest absolute Gasteiger partial charge is 0.255 e. The quantitative estimate of drug-likeness (QED) is 0.665. The van der Waals surface area contributed by atoms with E-state index < -0.39 is 6.04 Å². The van der Waals surface area contributed by atoms with Crippen LogP contribution < -0.4 is 16.0 Å². The summed E-state index contributed by atoms with van der Waals surface area (Å²) in [5, 5.41) is 9.54. The highest BCUT2D eigenvalue weighted by Crippen LogP contribution is 2.41. The average Bonchev–Trinajstić information content (AvgIpc) is 3.11. The summed E-state index contributed by atoms with van der Waals surface area (Å²) < 4.78 is 0. The number of nitrogens with zero attached hydrogens (tertiary/aromatic N) is 1. The molecule has 5 rings (SSSR count). The van der Waals surface area contributed by atoms with Crippen molar-refractivity contribution in [1.82, 2.24) is 20.9 Å². The van der Waals surface area contributed by atoms with Crippen molar-refractivity contribution in [3.05, 3.63) is 34.9 Å². The molecule has 7 nitrogen and oxygen atoms in total. The lowest BCUT2D eigenvalue weighted by Gasteiger charge is -2.45. The summed E-state index contributed by atoms with van der Waals surface area (Å²) in [6.07, 6.45) is 3.11. The molecular formula is C20H24N4O3. The van der Waals surface area contributed by atoms with Crippen molar-refractivity contribution in [1.29, 1.82) is 0 Å². The molecule has 0 spiro atoms. The number of hydrogen-bond donors (Lipinski definition) is 3. The van der Waals surface area contributed by atoms with Crippen LogP contribution in [0.25, 0.3) is 0 Å². The maximum Gasteiger partial charge on any atom is 0.255 e. The number of carbonyl (C=O) groups is 3. The Labute approximate surface area is 157 Å². The molecule has 3 fully saturated rings. The Hall–Kier alpha value is -2.25. The first-order valence-corrected chi connectivity index (χ1v) is 9.78. The van der Waals surface area contributed by atoms with Gasteiger partial charge in [-0.25, -0.2) is 0 Å². The summed E-state index contributed by atoms with van der Waals surface area (Å²) in [6.45, 7) is 3.16. The normalized spacial score (nSPS) is 32.1. The van der Waals surface area contributed by atoms with Crippen LogP contribution in [0.15, 0.2) is 18.2 Å². The third kappa shape index (κ3) is 2.60. The van der Waals surface area contributed by atoms with Crippen LogP contribution in [0.1, 0.15) is 47.2 Å². The van der Waals surface area contributed by atoms with Crippen molar-refractivity contribution < 1.29 is 14.4 Å². The molecule has 1 saturated carbocycles. The largest absolute Gasteiger partial charge is 0.322 e. The Balaban J connectivity index is 1.35. The van der Waals surface area contributed by atoms with Crippen LogP contribution in [0.5, 0.6) is 0 Å². The number of nitrogens with one attached hydrogen (secondary N) is 3. The number of piperidine rings is 1. The molecule has 0 radical (unpaired) electrons. The molecule has 3 atom stereocenters. The molecular weight excluding hydrogens is 344 g/mol. The van der Waals surface area contributed by atoms with Crippen molar-refractivity contribution in [2.45, 2.75) is 50.4 Å². The van der Waals surface area contributed by atoms with Gasteiger partial charge in [-0.3, -0.25) is 19.7 Å². The van der Waals surface area contributed by atoms with Gasteiger partial charge in [0.05, 0.1) is 0 Å². The molecule has 3 aliphatic heterocycles. The average molecular weight is 368 g/mol. The van der Waals surface area contributed by atoms with Gasteiger partial charge in [0.2, 0.25) is 11.8 Å². The molecule has 3 amide bonds. The first-order valence-electron chi connectivity index (χ1n) is 9.78. The molecule has 1 aromatic carbocycles. The van der Waals surface area contributed by atoms with E-state index in [0.717, 1.165) is 29.8 Å². The maximum absolute atomic E-state index is 13.1. The first kappa shape index (κ1) is 16.9. The highest BCUT2D eigenvalue weighted by atomic mass is 16.2. The predicted molar refractivity (Wildman–Crippen MR) is 97.7 cm³/mol. The molecule has 27 heavy (non-hydrogen) atoms. The predicted octanol–water partition coefficient (Wildman–Crippen LogP) is 0.289. The number of amides is 3. The van der Waals surface area contributed by atoms with E-state index in [2.05, 4.69) is 16.0 Å². The van der Waals surface area contributed by atoms with Crippen molar-refractivity contribution in [3.63, 3.8) is 0 Å². The minimum absolute atomic E-state index is 0.0934. The first-order chi connectivity index (χ1) is 13.1. The van der Waals surface area contributed by atoms with Gasteiger partial charge in [0.15, 0.2) is 0 Å². The van der Waals surface area contributed by atoms with Gasteiger partial charge in [0.25, 0.3) is 5.91 Å². The molecule has 142 valence electrons. The second kappa shape index (κ2) is 6.14. The van der Waals surface area contributed by atoms with Crippen LogP contribution in [0.3, 0.4) is 0 Å². The molecule has 1 aromatic rings. The van der Waals surface area contributed by atoms with E-state index in [0.29, 0.717) is 25.4 Å². The van der Waals surface area contributed by atoms with Crippen molar-refractivity contribution in [2.75, 3.05) is 13.1 Å². The van der Waals surface area contributed by atoms with Crippen LogP contribution in [0, 0.1) is 5.92 Å². The monoisotopic (exact) mass is 368 g/mol. The maximum atomic E-state index is 13.1. The Morgan fingerprint density at radius 2 is 2.11 bits per heavy atom. The van der Waals surface area contributed by atoms with Gasteiger partial charge in [0.1, 0.15) is 6.04 Å². The van der Waals surface area contributed by atoms with Crippen LogP contribution in [0.4, 0.5) is 0 Å². The molecule has 1 aliphatic carbocycles. The Kier molecular flexibility index (Phi) is 3.84. The van der Waals surface area contributed by atoms with E-state index in [-0.39, 0.29) is 29.7 Å². The summed E-state index contributed by atoms with van der Waals surface area (Å²) in [5.41, 5.74) is 2.87. The molecule has 1 unspecified atom stereocenters. The van der Waals surface area contributed by atoms with Gasteiger partial charge >= 0.3 is 0 Å². The topological polar surface area (TPSA) is 90.5 Å². The van der Waals surface area contributed by atoms with Crippen LogP contribution in [-0.4, -0.2) is 47.3 Å². The fourth-order valence-corrected chi connectivity index (χ4v) is 5.10. The van der Waals surface area contributed by atoms with E-state index in [1.54, 1.807) is 4.90 Å². The number of imide groups is 1. The number of rotatable bonds is 4. The summed E-state index contributed by atoms with van der Waals surface area (Å²) in [5.74, 6) is -0.0286. The van der Waals surface area contributed by atoms with E-state index in [4.69, 9.17) is 0 Å². The van der Waals surface area contributed by atoms with Gasteiger partial charge in [-0.1, -0.05) is 18.2 Å². The lowest BCUT2D eigenvalue weighted by molar-refractivity contribution is -0.136. The standard InChI is InChI=1S/C20H24N4O3/c25-16-5-4-15(18(26)23-16)24-10-13-3-1-2-12(17(13)19(24)27)8-22-20-7-6-14(20)9-21-11-20/h1-3,14-15,21-22H,4-11H2,(H,23,25,26)/t14-,15?,20-/m0/s1. The third-order valence-electron chi connectivity index (χ3n) is 6.82. The lowest BCUT2D eigenvalue weighted by Crippen LogP contribution is -2.57. The van der Waals surface area contributed by atoms with Crippen LogP contribution >= 0.6 is 0 Å². The molecule has 7 heteroatoms. The Morgan fingerprint density at radius 3 is 2.85 bits per heavy atom. The van der Waals surface area contributed by atoms with E-state index >= 15 is 0 Å². The van der Waals surface area contributed by atoms with Gasteiger partial charge in [-0.2, -0.15) is 0 Å². The second-order valence-electron chi connectivity index (χ2n) is 8.23. The number of hydrogen-bond acceptors (Lipinski definition) is 5. The van der Waals surface area contributed by atoms with E-state index in [9.17, 15) is 14.4 Å². The zero-order valence-corrected chi connectivity index (χ0v) is 15.2. The van der Waals surface area contributed by atoms with Crippen molar-refractivity contribution in [2.24, 2.45) is 5.92 Å². The van der Waals surface area contributed by atoms with Crippen molar-refractivity contribution >= 4 is 17.7 Å². The fourth-order valence-electron chi connectivity index (χ4n) is 5.10. The van der Waals surface area contributed by atoms with E-state index in [1.165, 1.54) is 12.8 Å². The highest BCUT2D eigenvalue weighted by molar-refractivity contribution is 6.05. The summed E-state index contributed by atoms with van der Waals surface area (Å²) in [6, 6.07) is 5.39. The number of benzene rings is 1. The van der Waals surface area contributed by atoms with Crippen LogP contribution in [0.2, 0.25) is 0 Å². The summed E-state index contributed by atoms with van der Waals surface area (Å²) in [4.78, 5) is 38.4. The van der Waals surface area contributed by atoms with Gasteiger partial charge < -0.3 is 15.5 Å². The summed E-state index contributed by atoms with van der Waals surface area (Å²) >= 11 is 0. The number of carbonyl (C=O) groups excluding carboxylic acids is 3. The van der Waals surface area contributed by atoms with Gasteiger partial charge in [-0.15, -0.1) is 0 Å². The van der Waals surface area contributed by atoms with Crippen molar-refractivity contribution in [3.8, 4) is 0 Å². The molecule has 3 N–H and O–H groups in total. The van der Waals surface area contributed by atoms with Gasteiger partial charge in [0, 0.05) is 37.2 Å². The SMILES string of the molecule is O=C1CCC(N2Cc3cccc(CN[C@]45CC[C@H]4CNC5)c3C2=O)C(=O)N1. The third-order valence-corrected chi connectivity index (χ3v) is 6.82. The highest BCUT2D eigenvalue weighted by Gasteiger charge is 2.49. The summed E-state index contributed by atoms with van der Waals surface area (Å²) in [7, 11) is 0. The minimum atomic E-state index is -0.558. The van der Waals surface area contributed by atoms with Gasteiger partial charge in [-0.05, 0) is 42.9 Å². The minimum Gasteiger partial charge on any atom is -0.322 e. The van der Waals surface area contributed by atoms with Crippen LogP contribution in [-0.2, 0) is 22.7 Å². The lowest BCUT2D eigenvalue weighted by atomic mass is 9.69.